The van der Waals surface area contributed by atoms with Crippen LogP contribution in [-0.4, -0.2) is 76.6 Å². The standard InChI is InChI=1S/C27H39ClN2O4/c1-20(2)30(21(3)4)14-15-33-24-10-8-22(9-11-24)17-29-13-12-26(31)27(32,18-29)19-34-25-7-5-6-23(28)16-25/h5-11,16,20-21,26,31-32H,12-15,17-19H2,1-4H3. The molecule has 2 atom stereocenters. The van der Waals surface area contributed by atoms with Crippen molar-refractivity contribution in [2.24, 2.45) is 0 Å². The predicted octanol–water partition coefficient (Wildman–Crippen LogP) is 4.21. The van der Waals surface area contributed by atoms with Crippen molar-refractivity contribution >= 4 is 11.6 Å². The minimum atomic E-state index is -1.34. The summed E-state index contributed by atoms with van der Waals surface area (Å²) in [6.45, 7) is 12.1. The Morgan fingerprint density at radius 2 is 1.76 bits per heavy atom. The number of ether oxygens (including phenoxy) is 2. The third-order valence-electron chi connectivity index (χ3n) is 6.40. The molecule has 34 heavy (non-hydrogen) atoms. The third-order valence-corrected chi connectivity index (χ3v) is 6.63. The second-order valence-electron chi connectivity index (χ2n) is 9.78. The van der Waals surface area contributed by atoms with E-state index in [0.29, 0.717) is 55.5 Å². The molecule has 0 aromatic heterocycles. The van der Waals surface area contributed by atoms with Crippen molar-refractivity contribution in [1.29, 1.82) is 0 Å². The maximum atomic E-state index is 11.1. The lowest BCUT2D eigenvalue weighted by Gasteiger charge is -2.42. The number of aliphatic hydroxyl groups excluding tert-OH is 1. The van der Waals surface area contributed by atoms with Crippen LogP contribution < -0.4 is 9.47 Å². The molecule has 1 saturated heterocycles. The number of aliphatic hydroxyl groups is 2. The van der Waals surface area contributed by atoms with Crippen LogP contribution in [0, 0.1) is 0 Å². The van der Waals surface area contributed by atoms with Crippen LogP contribution in [0.1, 0.15) is 39.7 Å². The molecule has 1 fully saturated rings. The van der Waals surface area contributed by atoms with Gasteiger partial charge in [0.05, 0.1) is 6.10 Å². The molecule has 6 nitrogen and oxygen atoms in total. The Labute approximate surface area is 209 Å². The van der Waals surface area contributed by atoms with Gasteiger partial charge in [-0.2, -0.15) is 0 Å². The average molecular weight is 491 g/mol. The van der Waals surface area contributed by atoms with Crippen molar-refractivity contribution in [3.63, 3.8) is 0 Å². The predicted molar refractivity (Wildman–Crippen MR) is 137 cm³/mol. The smallest absolute Gasteiger partial charge is 0.137 e. The SMILES string of the molecule is CC(C)N(CCOc1ccc(CN2CCC(O)C(O)(COc3cccc(Cl)c3)C2)cc1)C(C)C. The molecule has 1 aliphatic rings. The summed E-state index contributed by atoms with van der Waals surface area (Å²) in [5, 5.41) is 22.1. The number of halogens is 1. The third kappa shape index (κ3) is 7.59. The van der Waals surface area contributed by atoms with Gasteiger partial charge in [-0.25, -0.2) is 0 Å². The molecule has 3 rings (SSSR count). The maximum Gasteiger partial charge on any atom is 0.137 e. The van der Waals surface area contributed by atoms with E-state index in [9.17, 15) is 10.2 Å². The first-order valence-corrected chi connectivity index (χ1v) is 12.5. The Kier molecular flexibility index (Phi) is 9.63. The summed E-state index contributed by atoms with van der Waals surface area (Å²) in [6, 6.07) is 16.1. The highest BCUT2D eigenvalue weighted by atomic mass is 35.5. The highest BCUT2D eigenvalue weighted by Crippen LogP contribution is 2.26. The van der Waals surface area contributed by atoms with Gasteiger partial charge in [0.25, 0.3) is 0 Å². The summed E-state index contributed by atoms with van der Waals surface area (Å²) in [6.07, 6.45) is -0.353. The van der Waals surface area contributed by atoms with Gasteiger partial charge in [-0.3, -0.25) is 9.80 Å². The molecule has 2 aromatic carbocycles. The van der Waals surface area contributed by atoms with E-state index in [-0.39, 0.29) is 6.61 Å². The average Bonchev–Trinajstić information content (AvgIpc) is 2.78. The van der Waals surface area contributed by atoms with Crippen LogP contribution >= 0.6 is 11.6 Å². The quantitative estimate of drug-likeness (QED) is 0.492. The zero-order valence-electron chi connectivity index (χ0n) is 20.8. The van der Waals surface area contributed by atoms with E-state index in [2.05, 4.69) is 49.6 Å². The van der Waals surface area contributed by atoms with Gasteiger partial charge in [-0.1, -0.05) is 29.8 Å². The van der Waals surface area contributed by atoms with Crippen LogP contribution in [0.15, 0.2) is 48.5 Å². The molecule has 0 amide bonds. The number of nitrogens with zero attached hydrogens (tertiary/aromatic N) is 2. The number of hydrogen-bond acceptors (Lipinski definition) is 6. The lowest BCUT2D eigenvalue weighted by molar-refractivity contribution is -0.140. The summed E-state index contributed by atoms with van der Waals surface area (Å²) in [5.41, 5.74) is -0.213. The highest BCUT2D eigenvalue weighted by Gasteiger charge is 2.42. The van der Waals surface area contributed by atoms with Crippen molar-refractivity contribution < 1.29 is 19.7 Å². The molecule has 1 aliphatic heterocycles. The van der Waals surface area contributed by atoms with Crippen LogP contribution in [0.25, 0.3) is 0 Å². The lowest BCUT2D eigenvalue weighted by Crippen LogP contribution is -2.59. The van der Waals surface area contributed by atoms with Gasteiger partial charge >= 0.3 is 0 Å². The number of hydrogen-bond donors (Lipinski definition) is 2. The minimum Gasteiger partial charge on any atom is -0.492 e. The van der Waals surface area contributed by atoms with Crippen LogP contribution in [0.3, 0.4) is 0 Å². The summed E-state index contributed by atoms with van der Waals surface area (Å²) >= 11 is 6.01. The zero-order valence-corrected chi connectivity index (χ0v) is 21.5. The first kappa shape index (κ1) is 26.8. The molecule has 0 saturated carbocycles. The zero-order chi connectivity index (χ0) is 24.7. The molecular weight excluding hydrogens is 452 g/mol. The van der Waals surface area contributed by atoms with Gasteiger partial charge in [-0.05, 0) is 70.0 Å². The fraction of sp³-hybridized carbons (Fsp3) is 0.556. The van der Waals surface area contributed by atoms with E-state index in [4.69, 9.17) is 21.1 Å². The van der Waals surface area contributed by atoms with E-state index in [0.717, 1.165) is 17.9 Å². The van der Waals surface area contributed by atoms with Gasteiger partial charge in [0.2, 0.25) is 0 Å². The van der Waals surface area contributed by atoms with Crippen LogP contribution in [0.5, 0.6) is 11.5 Å². The van der Waals surface area contributed by atoms with Crippen LogP contribution in [0.4, 0.5) is 0 Å². The molecule has 188 valence electrons. The molecular formula is C27H39ClN2O4. The van der Waals surface area contributed by atoms with Crippen molar-refractivity contribution in [2.45, 2.75) is 64.4 Å². The molecule has 0 bridgehead atoms. The molecule has 2 aromatic rings. The van der Waals surface area contributed by atoms with E-state index >= 15 is 0 Å². The monoisotopic (exact) mass is 490 g/mol. The largest absolute Gasteiger partial charge is 0.492 e. The van der Waals surface area contributed by atoms with Crippen molar-refractivity contribution in [3.05, 3.63) is 59.1 Å². The van der Waals surface area contributed by atoms with E-state index < -0.39 is 11.7 Å². The number of piperidine rings is 1. The molecule has 0 radical (unpaired) electrons. The lowest BCUT2D eigenvalue weighted by atomic mass is 9.90. The van der Waals surface area contributed by atoms with E-state index in [1.54, 1.807) is 24.3 Å². The summed E-state index contributed by atoms with van der Waals surface area (Å²) in [4.78, 5) is 4.56. The first-order valence-electron chi connectivity index (χ1n) is 12.1. The fourth-order valence-electron chi connectivity index (χ4n) is 4.52. The number of rotatable bonds is 11. The van der Waals surface area contributed by atoms with Gasteiger partial charge < -0.3 is 19.7 Å². The van der Waals surface area contributed by atoms with Gasteiger partial charge in [0, 0.05) is 43.3 Å². The topological polar surface area (TPSA) is 65.4 Å². The van der Waals surface area contributed by atoms with Gasteiger partial charge in [0.1, 0.15) is 30.3 Å². The Morgan fingerprint density at radius 3 is 2.41 bits per heavy atom. The van der Waals surface area contributed by atoms with E-state index in [1.165, 1.54) is 0 Å². The van der Waals surface area contributed by atoms with Crippen molar-refractivity contribution in [3.8, 4) is 11.5 Å². The molecule has 0 aliphatic carbocycles. The highest BCUT2D eigenvalue weighted by molar-refractivity contribution is 6.30. The Balaban J connectivity index is 1.50. The van der Waals surface area contributed by atoms with Crippen LogP contribution in [0.2, 0.25) is 5.02 Å². The normalized spacial score (nSPS) is 21.4. The minimum absolute atomic E-state index is 0.00155. The summed E-state index contributed by atoms with van der Waals surface area (Å²) < 4.78 is 11.7. The second kappa shape index (κ2) is 12.2. The summed E-state index contributed by atoms with van der Waals surface area (Å²) in [5.74, 6) is 1.43. The van der Waals surface area contributed by atoms with Crippen molar-refractivity contribution in [1.82, 2.24) is 9.80 Å². The first-order chi connectivity index (χ1) is 16.2. The van der Waals surface area contributed by atoms with Crippen molar-refractivity contribution in [2.75, 3.05) is 32.8 Å². The summed E-state index contributed by atoms with van der Waals surface area (Å²) in [7, 11) is 0. The van der Waals surface area contributed by atoms with Gasteiger partial charge in [0.15, 0.2) is 0 Å². The number of β-amino-alcohol motifs (C(OH)–C–C–N with tert-alkyl or cyclic N) is 1. The molecule has 2 unspecified atom stereocenters. The number of benzene rings is 2. The molecule has 0 spiro atoms. The number of likely N-dealkylation sites (tertiary alicyclic amines) is 1. The molecule has 1 heterocycles. The molecule has 2 N–H and O–H groups in total. The second-order valence-corrected chi connectivity index (χ2v) is 10.2. The van der Waals surface area contributed by atoms with E-state index in [1.807, 2.05) is 12.1 Å². The fourth-order valence-corrected chi connectivity index (χ4v) is 4.70. The van der Waals surface area contributed by atoms with Crippen LogP contribution in [-0.2, 0) is 6.54 Å². The Morgan fingerprint density at radius 1 is 1.06 bits per heavy atom. The van der Waals surface area contributed by atoms with Gasteiger partial charge in [-0.15, -0.1) is 0 Å². The molecule has 7 heteroatoms. The Bertz CT molecular complexity index is 884. The Hall–Kier alpha value is -1.83. The maximum absolute atomic E-state index is 11.1.